The van der Waals surface area contributed by atoms with Gasteiger partial charge in [0.05, 0.1) is 16.3 Å². The molecule has 0 saturated heterocycles. The number of rotatable bonds is 7. The molecule has 0 aliphatic rings. The summed E-state index contributed by atoms with van der Waals surface area (Å²) >= 11 is 1.59. The lowest BCUT2D eigenvalue weighted by atomic mass is 10.1. The fraction of sp³-hybridized carbons (Fsp3) is 0.348. The minimum Gasteiger partial charge on any atom is -0.317 e. The fourth-order valence-electron chi connectivity index (χ4n) is 3.37. The van der Waals surface area contributed by atoms with Crippen molar-refractivity contribution in [1.29, 1.82) is 0 Å². The highest BCUT2D eigenvalue weighted by atomic mass is 32.2. The number of thiazole rings is 1. The molecule has 3 aromatic rings. The lowest BCUT2D eigenvalue weighted by molar-refractivity contribution is 0.445. The summed E-state index contributed by atoms with van der Waals surface area (Å²) in [5, 5.41) is 2.08. The summed E-state index contributed by atoms with van der Waals surface area (Å²) in [5.74, 6) is 0. The topological polar surface area (TPSA) is 54.7 Å². The van der Waals surface area contributed by atoms with Crippen LogP contribution < -0.4 is 4.80 Å². The zero-order chi connectivity index (χ0) is 21.9. The van der Waals surface area contributed by atoms with Crippen LogP contribution in [0.2, 0.25) is 0 Å². The largest absolute Gasteiger partial charge is 0.317 e. The Morgan fingerprint density at radius 1 is 0.967 bits per heavy atom. The molecule has 0 unspecified atom stereocenters. The number of aromatic nitrogens is 1. The lowest BCUT2D eigenvalue weighted by Crippen LogP contribution is -2.30. The molecule has 0 N–H and O–H groups in total. The maximum Gasteiger partial charge on any atom is 0.243 e. The van der Waals surface area contributed by atoms with Crippen molar-refractivity contribution in [3.05, 3.63) is 63.8 Å². The summed E-state index contributed by atoms with van der Waals surface area (Å²) < 4.78 is 29.1. The first-order valence-electron chi connectivity index (χ1n) is 10.2. The summed E-state index contributed by atoms with van der Waals surface area (Å²) in [5.41, 5.74) is 5.43. The minimum absolute atomic E-state index is 0.327. The smallest absolute Gasteiger partial charge is 0.243 e. The molecule has 0 fully saturated rings. The summed E-state index contributed by atoms with van der Waals surface area (Å²) in [6, 6.07) is 13.4. The average Bonchev–Trinajstić information content (AvgIpc) is 3.14. The molecule has 3 rings (SSSR count). The zero-order valence-electron chi connectivity index (χ0n) is 18.2. The Balaban J connectivity index is 1.99. The highest BCUT2D eigenvalue weighted by molar-refractivity contribution is 7.89. The Hall–Kier alpha value is -2.22. The van der Waals surface area contributed by atoms with Crippen LogP contribution >= 0.6 is 11.3 Å². The molecule has 1 heterocycles. The van der Waals surface area contributed by atoms with Gasteiger partial charge in [0.15, 0.2) is 4.80 Å². The lowest BCUT2D eigenvalue weighted by Gasteiger charge is -2.18. The predicted octanol–water partition coefficient (Wildman–Crippen LogP) is 5.12. The Morgan fingerprint density at radius 2 is 1.63 bits per heavy atom. The van der Waals surface area contributed by atoms with E-state index in [4.69, 9.17) is 4.99 Å². The SMILES string of the molecule is CCN(CC)S(=O)(=O)c1ccc(-c2csc(=Nc3ccc(C)c(C)c3)n2CC)cc1. The molecular weight excluding hydrogens is 414 g/mol. The van der Waals surface area contributed by atoms with Crippen LogP contribution in [0.3, 0.4) is 0 Å². The van der Waals surface area contributed by atoms with Crippen molar-refractivity contribution in [2.75, 3.05) is 13.1 Å². The van der Waals surface area contributed by atoms with Gasteiger partial charge in [-0.25, -0.2) is 13.4 Å². The van der Waals surface area contributed by atoms with Gasteiger partial charge >= 0.3 is 0 Å². The first-order chi connectivity index (χ1) is 14.3. The van der Waals surface area contributed by atoms with Gasteiger partial charge in [-0.15, -0.1) is 11.3 Å². The Kier molecular flexibility index (Phi) is 6.95. The first-order valence-corrected chi connectivity index (χ1v) is 12.5. The number of sulfonamides is 1. The third kappa shape index (κ3) is 4.43. The van der Waals surface area contributed by atoms with Crippen LogP contribution in [0.25, 0.3) is 11.3 Å². The van der Waals surface area contributed by atoms with Gasteiger partial charge in [-0.1, -0.05) is 32.0 Å². The van der Waals surface area contributed by atoms with Crippen LogP contribution in [0, 0.1) is 13.8 Å². The zero-order valence-corrected chi connectivity index (χ0v) is 19.8. The molecule has 0 bridgehead atoms. The molecular formula is C23H29N3O2S2. The minimum atomic E-state index is -3.45. The van der Waals surface area contributed by atoms with E-state index in [1.807, 2.05) is 32.0 Å². The van der Waals surface area contributed by atoms with Crippen molar-refractivity contribution in [2.45, 2.75) is 46.1 Å². The van der Waals surface area contributed by atoms with Crippen LogP contribution in [0.1, 0.15) is 31.9 Å². The molecule has 0 spiro atoms. The molecule has 0 saturated carbocycles. The maximum atomic E-state index is 12.7. The predicted molar refractivity (Wildman–Crippen MR) is 125 cm³/mol. The fourth-order valence-corrected chi connectivity index (χ4v) is 5.82. The van der Waals surface area contributed by atoms with Crippen molar-refractivity contribution >= 4 is 27.0 Å². The molecule has 0 aliphatic heterocycles. The number of hydrogen-bond donors (Lipinski definition) is 0. The third-order valence-electron chi connectivity index (χ3n) is 5.32. The molecule has 5 nitrogen and oxygen atoms in total. The third-order valence-corrected chi connectivity index (χ3v) is 8.25. The molecule has 30 heavy (non-hydrogen) atoms. The number of hydrogen-bond acceptors (Lipinski definition) is 4. The van der Waals surface area contributed by atoms with Crippen LogP contribution in [0.15, 0.2) is 57.7 Å². The molecule has 160 valence electrons. The number of aryl methyl sites for hydroxylation is 2. The van der Waals surface area contributed by atoms with E-state index < -0.39 is 10.0 Å². The van der Waals surface area contributed by atoms with E-state index in [0.717, 1.165) is 28.3 Å². The molecule has 0 aliphatic carbocycles. The van der Waals surface area contributed by atoms with Crippen molar-refractivity contribution in [2.24, 2.45) is 4.99 Å². The van der Waals surface area contributed by atoms with Gasteiger partial charge in [-0.2, -0.15) is 4.31 Å². The van der Waals surface area contributed by atoms with Crippen molar-refractivity contribution in [3.63, 3.8) is 0 Å². The maximum absolute atomic E-state index is 12.7. The van der Waals surface area contributed by atoms with Gasteiger partial charge in [0.25, 0.3) is 0 Å². The Morgan fingerprint density at radius 3 is 2.20 bits per heavy atom. The second-order valence-electron chi connectivity index (χ2n) is 7.14. The second-order valence-corrected chi connectivity index (χ2v) is 9.92. The van der Waals surface area contributed by atoms with Crippen LogP contribution in [-0.2, 0) is 16.6 Å². The van der Waals surface area contributed by atoms with Crippen molar-refractivity contribution in [3.8, 4) is 11.3 Å². The average molecular weight is 444 g/mol. The molecule has 1 aromatic heterocycles. The first kappa shape index (κ1) is 22.5. The van der Waals surface area contributed by atoms with E-state index in [1.165, 1.54) is 15.4 Å². The second kappa shape index (κ2) is 9.29. The highest BCUT2D eigenvalue weighted by Gasteiger charge is 2.21. The van der Waals surface area contributed by atoms with Gasteiger partial charge < -0.3 is 4.57 Å². The van der Waals surface area contributed by atoms with E-state index >= 15 is 0 Å². The molecule has 0 atom stereocenters. The number of benzene rings is 2. The van der Waals surface area contributed by atoms with Crippen molar-refractivity contribution in [1.82, 2.24) is 8.87 Å². The van der Waals surface area contributed by atoms with E-state index in [-0.39, 0.29) is 0 Å². The van der Waals surface area contributed by atoms with Gasteiger partial charge in [-0.3, -0.25) is 0 Å². The summed E-state index contributed by atoms with van der Waals surface area (Å²) in [6.45, 7) is 11.7. The quantitative estimate of drug-likeness (QED) is 0.509. The molecule has 7 heteroatoms. The van der Waals surface area contributed by atoms with E-state index in [2.05, 4.69) is 42.9 Å². The normalized spacial score (nSPS) is 12.7. The summed E-state index contributed by atoms with van der Waals surface area (Å²) in [6.07, 6.45) is 0. The van der Waals surface area contributed by atoms with Crippen molar-refractivity contribution < 1.29 is 8.42 Å². The Bertz CT molecular complexity index is 1190. The highest BCUT2D eigenvalue weighted by Crippen LogP contribution is 2.24. The van der Waals surface area contributed by atoms with E-state index in [0.29, 0.717) is 18.0 Å². The van der Waals surface area contributed by atoms with Gasteiger partial charge in [0, 0.05) is 25.0 Å². The number of nitrogens with zero attached hydrogens (tertiary/aromatic N) is 3. The van der Waals surface area contributed by atoms with Crippen LogP contribution in [-0.4, -0.2) is 30.4 Å². The standard InChI is InChI=1S/C23H29N3O2S2/c1-6-25(7-2)30(27,28)21-13-10-19(11-14-21)22-16-29-23(26(22)8-3)24-20-12-9-17(4)18(5)15-20/h9-16H,6-8H2,1-5H3. The van der Waals surface area contributed by atoms with E-state index in [9.17, 15) is 8.42 Å². The molecule has 2 aromatic carbocycles. The van der Waals surface area contributed by atoms with Gasteiger partial charge in [-0.05, 0) is 61.7 Å². The molecule has 0 radical (unpaired) electrons. The van der Waals surface area contributed by atoms with E-state index in [1.54, 1.807) is 23.5 Å². The van der Waals surface area contributed by atoms with Gasteiger partial charge in [0.1, 0.15) is 0 Å². The monoisotopic (exact) mass is 443 g/mol. The molecule has 0 amide bonds. The van der Waals surface area contributed by atoms with Crippen LogP contribution in [0.4, 0.5) is 5.69 Å². The summed E-state index contributed by atoms with van der Waals surface area (Å²) in [7, 11) is -3.45. The summed E-state index contributed by atoms with van der Waals surface area (Å²) in [4.78, 5) is 6.09. The van der Waals surface area contributed by atoms with Gasteiger partial charge in [0.2, 0.25) is 10.0 Å². The van der Waals surface area contributed by atoms with Crippen LogP contribution in [0.5, 0.6) is 0 Å². The Labute approximate surface area is 183 Å².